The molecule has 2 unspecified atom stereocenters. The second-order valence-electron chi connectivity index (χ2n) is 6.09. The van der Waals surface area contributed by atoms with Crippen LogP contribution in [0.2, 0.25) is 0 Å². The number of amides is 2. The highest BCUT2D eigenvalue weighted by Gasteiger charge is 2.33. The maximum Gasteiger partial charge on any atom is 0.318 e. The van der Waals surface area contributed by atoms with E-state index >= 15 is 0 Å². The van der Waals surface area contributed by atoms with E-state index in [1.165, 1.54) is 0 Å². The fourth-order valence-electron chi connectivity index (χ4n) is 3.00. The Bertz CT molecular complexity index is 697. The van der Waals surface area contributed by atoms with E-state index in [0.717, 1.165) is 41.6 Å². The van der Waals surface area contributed by atoms with Crippen LogP contribution in [-0.2, 0) is 11.3 Å². The Balaban J connectivity index is 1.66. The molecule has 130 valence electrons. The molecule has 0 saturated carbocycles. The third kappa shape index (κ3) is 3.62. The van der Waals surface area contributed by atoms with Crippen molar-refractivity contribution in [2.75, 3.05) is 13.7 Å². The molecule has 3 heterocycles. The summed E-state index contributed by atoms with van der Waals surface area (Å²) in [6.07, 6.45) is 1.89. The van der Waals surface area contributed by atoms with Gasteiger partial charge in [-0.15, -0.1) is 11.3 Å². The molecule has 1 aliphatic heterocycles. The summed E-state index contributed by atoms with van der Waals surface area (Å²) in [5.41, 5.74) is 0.983. The van der Waals surface area contributed by atoms with Gasteiger partial charge in [-0.25, -0.2) is 9.78 Å². The van der Waals surface area contributed by atoms with Crippen LogP contribution >= 0.6 is 11.3 Å². The number of methoxy groups -OCH3 is 1. The molecule has 3 rings (SSSR count). The van der Waals surface area contributed by atoms with Crippen molar-refractivity contribution in [1.82, 2.24) is 15.2 Å². The van der Waals surface area contributed by atoms with Crippen molar-refractivity contribution in [1.29, 1.82) is 0 Å². The number of nitrogens with zero attached hydrogens (tertiary/aromatic N) is 2. The van der Waals surface area contributed by atoms with Gasteiger partial charge in [-0.05, 0) is 38.8 Å². The van der Waals surface area contributed by atoms with Crippen LogP contribution < -0.4 is 5.32 Å². The fraction of sp³-hybridized carbons (Fsp3) is 0.529. The number of furan rings is 1. The summed E-state index contributed by atoms with van der Waals surface area (Å²) in [4.78, 5) is 19.0. The first kappa shape index (κ1) is 17.0. The number of urea groups is 1. The van der Waals surface area contributed by atoms with E-state index in [4.69, 9.17) is 9.15 Å². The fourth-order valence-corrected chi connectivity index (χ4v) is 3.80. The highest BCUT2D eigenvalue weighted by Crippen LogP contribution is 2.33. The van der Waals surface area contributed by atoms with E-state index < -0.39 is 0 Å². The Kier molecular flexibility index (Phi) is 5.20. The smallest absolute Gasteiger partial charge is 0.318 e. The van der Waals surface area contributed by atoms with Crippen molar-refractivity contribution < 1.29 is 13.9 Å². The number of aryl methyl sites for hydroxylation is 1. The Hall–Kier alpha value is -1.86. The third-order valence-corrected chi connectivity index (χ3v) is 5.30. The number of likely N-dealkylation sites (tertiary alicyclic amines) is 1. The molecule has 2 aromatic heterocycles. The van der Waals surface area contributed by atoms with E-state index in [2.05, 4.69) is 10.3 Å². The number of carbonyl (C=O) groups is 1. The number of nitrogens with one attached hydrogen (secondary N) is 1. The summed E-state index contributed by atoms with van der Waals surface area (Å²) < 4.78 is 10.9. The lowest BCUT2D eigenvalue weighted by Crippen LogP contribution is -2.40. The molecule has 6 nitrogen and oxygen atoms in total. The first-order valence-corrected chi connectivity index (χ1v) is 9.03. The molecular weight excluding hydrogens is 326 g/mol. The molecule has 1 aliphatic rings. The molecule has 0 aromatic carbocycles. The Morgan fingerprint density at radius 1 is 1.58 bits per heavy atom. The Morgan fingerprint density at radius 2 is 2.42 bits per heavy atom. The molecule has 2 amide bonds. The zero-order valence-electron chi connectivity index (χ0n) is 14.2. The standard InChI is InChI=1S/C17H23N3O3S/c1-11-10-24-16(18-11)12(2)19-17(21)20-8-4-5-14(20)15-7-6-13(23-15)9-22-3/h6-7,10,12,14H,4-5,8-9H2,1-3H3,(H,19,21). The van der Waals surface area contributed by atoms with Gasteiger partial charge < -0.3 is 19.4 Å². The molecule has 0 spiro atoms. The molecule has 1 N–H and O–H groups in total. The van der Waals surface area contributed by atoms with E-state index in [1.807, 2.05) is 36.3 Å². The van der Waals surface area contributed by atoms with Gasteiger partial charge in [0.25, 0.3) is 0 Å². The van der Waals surface area contributed by atoms with Crippen LogP contribution in [0.15, 0.2) is 21.9 Å². The number of thiazole rings is 1. The van der Waals surface area contributed by atoms with Gasteiger partial charge in [0, 0.05) is 24.7 Å². The van der Waals surface area contributed by atoms with Gasteiger partial charge in [0.15, 0.2) is 0 Å². The van der Waals surface area contributed by atoms with E-state index in [-0.39, 0.29) is 18.1 Å². The van der Waals surface area contributed by atoms with Crippen molar-refractivity contribution in [2.24, 2.45) is 0 Å². The van der Waals surface area contributed by atoms with Crippen LogP contribution in [0.1, 0.15) is 54.1 Å². The van der Waals surface area contributed by atoms with Crippen LogP contribution in [0.3, 0.4) is 0 Å². The molecular formula is C17H23N3O3S. The Labute approximate surface area is 145 Å². The van der Waals surface area contributed by atoms with Crippen LogP contribution in [0.25, 0.3) is 0 Å². The molecule has 0 bridgehead atoms. The lowest BCUT2D eigenvalue weighted by Gasteiger charge is -2.25. The molecule has 24 heavy (non-hydrogen) atoms. The number of aromatic nitrogens is 1. The first-order chi connectivity index (χ1) is 11.6. The number of hydrogen-bond acceptors (Lipinski definition) is 5. The lowest BCUT2D eigenvalue weighted by molar-refractivity contribution is 0.155. The number of carbonyl (C=O) groups excluding carboxylic acids is 1. The maximum absolute atomic E-state index is 12.7. The second-order valence-corrected chi connectivity index (χ2v) is 6.98. The molecule has 2 aromatic rings. The summed E-state index contributed by atoms with van der Waals surface area (Å²) >= 11 is 1.57. The van der Waals surface area contributed by atoms with Crippen LogP contribution in [0.5, 0.6) is 0 Å². The monoisotopic (exact) mass is 349 g/mol. The zero-order chi connectivity index (χ0) is 17.1. The van der Waals surface area contributed by atoms with Gasteiger partial charge in [0.2, 0.25) is 0 Å². The predicted octanol–water partition coefficient (Wildman–Crippen LogP) is 3.80. The van der Waals surface area contributed by atoms with Gasteiger partial charge in [-0.1, -0.05) is 0 Å². The first-order valence-electron chi connectivity index (χ1n) is 8.15. The number of rotatable bonds is 5. The average Bonchev–Trinajstić information content (AvgIpc) is 3.26. The Morgan fingerprint density at radius 3 is 3.12 bits per heavy atom. The largest absolute Gasteiger partial charge is 0.461 e. The highest BCUT2D eigenvalue weighted by atomic mass is 32.1. The topological polar surface area (TPSA) is 67.6 Å². The summed E-state index contributed by atoms with van der Waals surface area (Å²) in [5.74, 6) is 1.61. The van der Waals surface area contributed by atoms with Crippen molar-refractivity contribution in [3.8, 4) is 0 Å². The molecule has 1 fully saturated rings. The van der Waals surface area contributed by atoms with Gasteiger partial charge in [-0.2, -0.15) is 0 Å². The highest BCUT2D eigenvalue weighted by molar-refractivity contribution is 7.09. The SMILES string of the molecule is COCc1ccc(C2CCCN2C(=O)NC(C)c2nc(C)cs2)o1. The van der Waals surface area contributed by atoms with E-state index in [0.29, 0.717) is 6.61 Å². The number of ether oxygens (including phenoxy) is 1. The molecule has 1 saturated heterocycles. The van der Waals surface area contributed by atoms with Gasteiger partial charge in [0.1, 0.15) is 23.1 Å². The van der Waals surface area contributed by atoms with Gasteiger partial charge >= 0.3 is 6.03 Å². The molecule has 0 aliphatic carbocycles. The minimum absolute atomic E-state index is 0.0131. The summed E-state index contributed by atoms with van der Waals surface area (Å²) in [6.45, 7) is 5.10. The van der Waals surface area contributed by atoms with Crippen molar-refractivity contribution in [2.45, 2.75) is 45.4 Å². The van der Waals surface area contributed by atoms with E-state index in [9.17, 15) is 4.79 Å². The second kappa shape index (κ2) is 7.36. The predicted molar refractivity (Wildman–Crippen MR) is 91.9 cm³/mol. The van der Waals surface area contributed by atoms with Crippen LogP contribution in [0.4, 0.5) is 4.79 Å². The minimum atomic E-state index is -0.0990. The third-order valence-electron chi connectivity index (χ3n) is 4.16. The zero-order valence-corrected chi connectivity index (χ0v) is 15.1. The van der Waals surface area contributed by atoms with Gasteiger partial charge in [0.05, 0.1) is 12.1 Å². The number of hydrogen-bond donors (Lipinski definition) is 1. The van der Waals surface area contributed by atoms with Crippen LogP contribution in [0, 0.1) is 6.92 Å². The maximum atomic E-state index is 12.7. The summed E-state index contributed by atoms with van der Waals surface area (Å²) in [7, 11) is 1.64. The van der Waals surface area contributed by atoms with E-state index in [1.54, 1.807) is 18.4 Å². The van der Waals surface area contributed by atoms with Crippen molar-refractivity contribution in [3.63, 3.8) is 0 Å². The molecule has 7 heteroatoms. The van der Waals surface area contributed by atoms with Gasteiger partial charge in [-0.3, -0.25) is 0 Å². The minimum Gasteiger partial charge on any atom is -0.461 e. The summed E-state index contributed by atoms with van der Waals surface area (Å²) in [6, 6.07) is 3.67. The summed E-state index contributed by atoms with van der Waals surface area (Å²) in [5, 5.41) is 5.98. The lowest BCUT2D eigenvalue weighted by atomic mass is 10.2. The normalized spacial score (nSPS) is 18.8. The van der Waals surface area contributed by atoms with Crippen molar-refractivity contribution >= 4 is 17.4 Å². The van der Waals surface area contributed by atoms with Crippen LogP contribution in [-0.4, -0.2) is 29.6 Å². The van der Waals surface area contributed by atoms with Crippen molar-refractivity contribution in [3.05, 3.63) is 39.7 Å². The quantitative estimate of drug-likeness (QED) is 0.891. The average molecular weight is 349 g/mol. The molecule has 2 atom stereocenters. The molecule has 0 radical (unpaired) electrons.